The molecule has 0 saturated carbocycles. The first-order chi connectivity index (χ1) is 8.63. The first-order valence-corrected chi connectivity index (χ1v) is 6.20. The molecule has 0 fully saturated rings. The molecule has 0 atom stereocenters. The largest absolute Gasteiger partial charge is 0.337 e. The van der Waals surface area contributed by atoms with Crippen molar-refractivity contribution in [3.8, 4) is 11.4 Å². The predicted molar refractivity (Wildman–Crippen MR) is 71.7 cm³/mol. The number of halogens is 2. The van der Waals surface area contributed by atoms with Crippen molar-refractivity contribution in [1.82, 2.24) is 15.0 Å². The molecule has 0 amide bonds. The molecule has 3 nitrogen and oxygen atoms in total. The van der Waals surface area contributed by atoms with Gasteiger partial charge in [-0.15, -0.1) is 0 Å². The molecule has 0 unspecified atom stereocenters. The van der Waals surface area contributed by atoms with Gasteiger partial charge in [-0.1, -0.05) is 0 Å². The van der Waals surface area contributed by atoms with E-state index in [1.165, 1.54) is 12.1 Å². The van der Waals surface area contributed by atoms with Crippen molar-refractivity contribution in [3.05, 3.63) is 46.3 Å². The van der Waals surface area contributed by atoms with Crippen molar-refractivity contribution in [2.45, 2.75) is 6.92 Å². The molecular formula is C13H9BrFN3. The topological polar surface area (TPSA) is 41.6 Å². The molecule has 0 radical (unpaired) electrons. The Hall–Kier alpha value is -1.75. The fourth-order valence-electron chi connectivity index (χ4n) is 1.89. The Balaban J connectivity index is 2.19. The quantitative estimate of drug-likeness (QED) is 0.742. The van der Waals surface area contributed by atoms with Crippen molar-refractivity contribution in [3.63, 3.8) is 0 Å². The normalized spacial score (nSPS) is 11.1. The van der Waals surface area contributed by atoms with Crippen LogP contribution in [0.25, 0.3) is 22.6 Å². The molecule has 5 heteroatoms. The van der Waals surface area contributed by atoms with E-state index in [9.17, 15) is 4.39 Å². The van der Waals surface area contributed by atoms with E-state index in [1.807, 2.05) is 13.0 Å². The fourth-order valence-corrected chi connectivity index (χ4v) is 2.23. The van der Waals surface area contributed by atoms with Crippen LogP contribution in [-0.2, 0) is 0 Å². The standard InChI is InChI=1S/C13H9BrFN3/c1-7-4-9(15)2-3-10(7)12-17-11-5-8(14)6-16-13(11)18-12/h2-6H,1H3,(H,16,17,18). The van der Waals surface area contributed by atoms with Crippen molar-refractivity contribution < 1.29 is 4.39 Å². The zero-order valence-electron chi connectivity index (χ0n) is 9.54. The molecule has 2 heterocycles. The van der Waals surface area contributed by atoms with Crippen LogP contribution in [0.1, 0.15) is 5.56 Å². The minimum absolute atomic E-state index is 0.242. The lowest BCUT2D eigenvalue weighted by Gasteiger charge is -2.01. The summed E-state index contributed by atoms with van der Waals surface area (Å²) in [5, 5.41) is 0. The number of H-pyrrole nitrogens is 1. The number of benzene rings is 1. The summed E-state index contributed by atoms with van der Waals surface area (Å²) in [7, 11) is 0. The van der Waals surface area contributed by atoms with E-state index in [1.54, 1.807) is 12.3 Å². The SMILES string of the molecule is Cc1cc(F)ccc1-c1nc2ncc(Br)cc2[nH]1. The van der Waals surface area contributed by atoms with Crippen LogP contribution in [0.4, 0.5) is 4.39 Å². The summed E-state index contributed by atoms with van der Waals surface area (Å²) in [5.74, 6) is 0.460. The number of pyridine rings is 1. The van der Waals surface area contributed by atoms with E-state index < -0.39 is 0 Å². The lowest BCUT2D eigenvalue weighted by molar-refractivity contribution is 0.627. The molecule has 0 saturated heterocycles. The summed E-state index contributed by atoms with van der Waals surface area (Å²) >= 11 is 3.36. The highest BCUT2D eigenvalue weighted by Crippen LogP contribution is 2.24. The molecule has 2 aromatic heterocycles. The Kier molecular flexibility index (Phi) is 2.63. The molecule has 3 aromatic rings. The summed E-state index contributed by atoms with van der Waals surface area (Å²) in [4.78, 5) is 11.8. The van der Waals surface area contributed by atoms with Crippen molar-refractivity contribution in [2.24, 2.45) is 0 Å². The van der Waals surface area contributed by atoms with Crippen LogP contribution in [0, 0.1) is 12.7 Å². The molecule has 0 spiro atoms. The summed E-state index contributed by atoms with van der Waals surface area (Å²) in [6.07, 6.45) is 1.70. The highest BCUT2D eigenvalue weighted by molar-refractivity contribution is 9.10. The van der Waals surface area contributed by atoms with Gasteiger partial charge >= 0.3 is 0 Å². The fraction of sp³-hybridized carbons (Fsp3) is 0.0769. The van der Waals surface area contributed by atoms with Gasteiger partial charge in [-0.25, -0.2) is 14.4 Å². The highest BCUT2D eigenvalue weighted by atomic mass is 79.9. The second-order valence-electron chi connectivity index (χ2n) is 4.07. The Labute approximate surface area is 111 Å². The molecule has 90 valence electrons. The van der Waals surface area contributed by atoms with Crippen LogP contribution in [0.15, 0.2) is 34.9 Å². The minimum Gasteiger partial charge on any atom is -0.337 e. The van der Waals surface area contributed by atoms with Gasteiger partial charge in [0, 0.05) is 16.2 Å². The monoisotopic (exact) mass is 305 g/mol. The Bertz CT molecular complexity index is 736. The predicted octanol–water partition coefficient (Wildman–Crippen LogP) is 3.83. The van der Waals surface area contributed by atoms with Gasteiger partial charge in [0.15, 0.2) is 5.65 Å². The number of hydrogen-bond donors (Lipinski definition) is 1. The van der Waals surface area contributed by atoms with Crippen LogP contribution < -0.4 is 0 Å². The average molecular weight is 306 g/mol. The number of nitrogens with one attached hydrogen (secondary N) is 1. The summed E-state index contributed by atoms with van der Waals surface area (Å²) in [6.45, 7) is 1.86. The number of fused-ring (bicyclic) bond motifs is 1. The van der Waals surface area contributed by atoms with Gasteiger partial charge in [-0.05, 0) is 52.7 Å². The maximum atomic E-state index is 13.1. The summed E-state index contributed by atoms with van der Waals surface area (Å²) in [6, 6.07) is 6.56. The van der Waals surface area contributed by atoms with E-state index >= 15 is 0 Å². The molecule has 0 bridgehead atoms. The Morgan fingerprint density at radius 3 is 2.89 bits per heavy atom. The number of hydrogen-bond acceptors (Lipinski definition) is 2. The average Bonchev–Trinajstić information content (AvgIpc) is 2.71. The Morgan fingerprint density at radius 2 is 2.11 bits per heavy atom. The smallest absolute Gasteiger partial charge is 0.178 e. The van der Waals surface area contributed by atoms with E-state index in [0.717, 1.165) is 21.1 Å². The van der Waals surface area contributed by atoms with Crippen molar-refractivity contribution in [2.75, 3.05) is 0 Å². The van der Waals surface area contributed by atoms with E-state index in [-0.39, 0.29) is 5.82 Å². The third kappa shape index (κ3) is 1.90. The second kappa shape index (κ2) is 4.17. The summed E-state index contributed by atoms with van der Waals surface area (Å²) in [5.41, 5.74) is 3.22. The van der Waals surface area contributed by atoms with Crippen LogP contribution in [-0.4, -0.2) is 15.0 Å². The minimum atomic E-state index is -0.242. The number of aromatic amines is 1. The zero-order chi connectivity index (χ0) is 12.7. The van der Waals surface area contributed by atoms with Crippen LogP contribution in [0.2, 0.25) is 0 Å². The molecule has 0 aliphatic carbocycles. The van der Waals surface area contributed by atoms with Gasteiger partial charge in [-0.2, -0.15) is 0 Å². The number of aromatic nitrogens is 3. The third-order valence-electron chi connectivity index (χ3n) is 2.75. The van der Waals surface area contributed by atoms with Crippen LogP contribution >= 0.6 is 15.9 Å². The van der Waals surface area contributed by atoms with Crippen molar-refractivity contribution in [1.29, 1.82) is 0 Å². The number of rotatable bonds is 1. The zero-order valence-corrected chi connectivity index (χ0v) is 11.1. The van der Waals surface area contributed by atoms with E-state index in [4.69, 9.17) is 0 Å². The number of imidazole rings is 1. The molecule has 3 rings (SSSR count). The molecule has 0 aliphatic rings. The molecule has 1 aromatic carbocycles. The van der Waals surface area contributed by atoms with Gasteiger partial charge in [0.05, 0.1) is 5.52 Å². The van der Waals surface area contributed by atoms with E-state index in [0.29, 0.717) is 11.5 Å². The number of aryl methyl sites for hydroxylation is 1. The van der Waals surface area contributed by atoms with Crippen molar-refractivity contribution >= 4 is 27.1 Å². The first kappa shape index (κ1) is 11.3. The van der Waals surface area contributed by atoms with Gasteiger partial charge < -0.3 is 4.98 Å². The van der Waals surface area contributed by atoms with Gasteiger partial charge in [0.25, 0.3) is 0 Å². The van der Waals surface area contributed by atoms with Gasteiger partial charge in [-0.3, -0.25) is 0 Å². The molecule has 0 aliphatic heterocycles. The lowest BCUT2D eigenvalue weighted by atomic mass is 10.1. The third-order valence-corrected chi connectivity index (χ3v) is 3.18. The molecule has 1 N–H and O–H groups in total. The first-order valence-electron chi connectivity index (χ1n) is 5.41. The van der Waals surface area contributed by atoms with Crippen LogP contribution in [0.3, 0.4) is 0 Å². The lowest BCUT2D eigenvalue weighted by Crippen LogP contribution is -1.86. The number of nitrogens with zero attached hydrogens (tertiary/aromatic N) is 2. The molecular weight excluding hydrogens is 297 g/mol. The van der Waals surface area contributed by atoms with Gasteiger partial charge in [0.1, 0.15) is 11.6 Å². The Morgan fingerprint density at radius 1 is 1.28 bits per heavy atom. The summed E-state index contributed by atoms with van der Waals surface area (Å²) < 4.78 is 14.0. The molecule has 18 heavy (non-hydrogen) atoms. The second-order valence-corrected chi connectivity index (χ2v) is 4.99. The highest BCUT2D eigenvalue weighted by Gasteiger charge is 2.09. The van der Waals surface area contributed by atoms with E-state index in [2.05, 4.69) is 30.9 Å². The maximum Gasteiger partial charge on any atom is 0.178 e. The maximum absolute atomic E-state index is 13.1. The van der Waals surface area contributed by atoms with Gasteiger partial charge in [0.2, 0.25) is 0 Å². The van der Waals surface area contributed by atoms with Crippen LogP contribution in [0.5, 0.6) is 0 Å².